The first-order chi connectivity index (χ1) is 17.2. The minimum absolute atomic E-state index is 0.0101. The van der Waals surface area contributed by atoms with Crippen molar-refractivity contribution in [3.63, 3.8) is 0 Å². The number of esters is 1. The van der Waals surface area contributed by atoms with Crippen molar-refractivity contribution in [3.8, 4) is 5.69 Å². The Morgan fingerprint density at radius 3 is 2.44 bits per heavy atom. The summed E-state index contributed by atoms with van der Waals surface area (Å²) in [5.41, 5.74) is 2.10. The van der Waals surface area contributed by atoms with Gasteiger partial charge in [0.25, 0.3) is 5.56 Å². The predicted molar refractivity (Wildman–Crippen MR) is 139 cm³/mol. The van der Waals surface area contributed by atoms with Crippen LogP contribution in [0.3, 0.4) is 0 Å². The number of halogens is 2. The molecule has 0 saturated heterocycles. The van der Waals surface area contributed by atoms with E-state index in [2.05, 4.69) is 5.32 Å². The molecule has 8 nitrogen and oxygen atoms in total. The quantitative estimate of drug-likeness (QED) is 0.374. The van der Waals surface area contributed by atoms with Crippen molar-refractivity contribution < 1.29 is 18.9 Å². The van der Waals surface area contributed by atoms with E-state index >= 15 is 0 Å². The van der Waals surface area contributed by atoms with Crippen molar-refractivity contribution >= 4 is 47.2 Å². The fraction of sp³-hybridized carbons (Fsp3) is 0.269. The Morgan fingerprint density at radius 1 is 1.11 bits per heavy atom. The van der Waals surface area contributed by atoms with Crippen LogP contribution in [0.2, 0.25) is 10.0 Å². The Balaban J connectivity index is 1.72. The molecule has 0 radical (unpaired) electrons. The van der Waals surface area contributed by atoms with Crippen molar-refractivity contribution in [2.24, 2.45) is 0 Å². The molecule has 1 amide bonds. The van der Waals surface area contributed by atoms with Crippen molar-refractivity contribution in [1.82, 2.24) is 9.55 Å². The Bertz CT molecular complexity index is 1430. The summed E-state index contributed by atoms with van der Waals surface area (Å²) in [6, 6.07) is 11.3. The average molecular weight is 528 g/mol. The summed E-state index contributed by atoms with van der Waals surface area (Å²) in [5, 5.41) is 3.88. The van der Waals surface area contributed by atoms with Crippen molar-refractivity contribution in [3.05, 3.63) is 85.2 Å². The zero-order valence-electron chi connectivity index (χ0n) is 20.0. The summed E-state index contributed by atoms with van der Waals surface area (Å²) in [6.45, 7) is 6.03. The molecule has 0 atom stereocenters. The highest BCUT2D eigenvalue weighted by atomic mass is 35.5. The van der Waals surface area contributed by atoms with Gasteiger partial charge in [0, 0.05) is 6.04 Å². The Hall–Kier alpha value is -3.49. The highest BCUT2D eigenvalue weighted by Gasteiger charge is 2.30. The molecule has 36 heavy (non-hydrogen) atoms. The molecule has 10 heteroatoms. The zero-order chi connectivity index (χ0) is 26.0. The Kier molecular flexibility index (Phi) is 7.56. The van der Waals surface area contributed by atoms with Gasteiger partial charge in [-0.15, -0.1) is 0 Å². The van der Waals surface area contributed by atoms with Crippen LogP contribution in [0.15, 0.2) is 47.3 Å². The predicted octanol–water partition coefficient (Wildman–Crippen LogP) is 4.52. The smallest absolute Gasteiger partial charge is 0.419 e. The number of hydrogen-bond donors (Lipinski definition) is 1. The minimum atomic E-state index is -0.429. The number of hydrogen-bond acceptors (Lipinski definition) is 6. The van der Waals surface area contributed by atoms with E-state index in [1.807, 2.05) is 13.8 Å². The van der Waals surface area contributed by atoms with E-state index in [1.165, 1.54) is 15.2 Å². The fourth-order valence-electron chi connectivity index (χ4n) is 3.87. The van der Waals surface area contributed by atoms with E-state index in [1.54, 1.807) is 49.5 Å². The van der Waals surface area contributed by atoms with Gasteiger partial charge in [-0.2, -0.15) is 4.58 Å². The van der Waals surface area contributed by atoms with Gasteiger partial charge in [0.2, 0.25) is 5.95 Å². The summed E-state index contributed by atoms with van der Waals surface area (Å²) >= 11 is 12.1. The maximum absolute atomic E-state index is 13.6. The molecule has 1 aliphatic rings. The van der Waals surface area contributed by atoms with Gasteiger partial charge in [0.1, 0.15) is 5.69 Å². The molecular weight excluding hydrogens is 503 g/mol. The van der Waals surface area contributed by atoms with Crippen molar-refractivity contribution in [1.29, 1.82) is 0 Å². The number of rotatable bonds is 6. The summed E-state index contributed by atoms with van der Waals surface area (Å²) in [5.74, 6) is -0.346. The molecule has 1 N–H and O–H groups in total. The molecule has 0 aliphatic carbocycles. The normalized spacial score (nSPS) is 12.7. The lowest BCUT2D eigenvalue weighted by atomic mass is 10.1. The molecule has 3 aromatic rings. The van der Waals surface area contributed by atoms with Gasteiger partial charge >= 0.3 is 11.9 Å². The van der Waals surface area contributed by atoms with Crippen LogP contribution in [0.4, 0.5) is 5.95 Å². The van der Waals surface area contributed by atoms with Crippen LogP contribution in [0.1, 0.15) is 52.7 Å². The van der Waals surface area contributed by atoms with Crippen LogP contribution < -0.4 is 10.9 Å². The number of aromatic nitrogens is 2. The lowest BCUT2D eigenvalue weighted by Crippen LogP contribution is -2.35. The first kappa shape index (κ1) is 25.6. The van der Waals surface area contributed by atoms with Gasteiger partial charge in [-0.25, -0.2) is 19.1 Å². The monoisotopic (exact) mass is 527 g/mol. The Morgan fingerprint density at radius 2 is 1.81 bits per heavy atom. The molecule has 2 aromatic carbocycles. The lowest BCUT2D eigenvalue weighted by Gasteiger charge is -2.20. The molecule has 0 spiro atoms. The molecule has 1 aliphatic heterocycles. The second-order valence-corrected chi connectivity index (χ2v) is 9.33. The third-order valence-electron chi connectivity index (χ3n) is 5.58. The number of ether oxygens (including phenoxy) is 1. The molecule has 0 bridgehead atoms. The fourth-order valence-corrected chi connectivity index (χ4v) is 4.17. The van der Waals surface area contributed by atoms with Gasteiger partial charge in [0.05, 0.1) is 45.5 Å². The molecular formula is C26H25Cl2N4O4+. The first-order valence-electron chi connectivity index (χ1n) is 11.5. The largest absolute Gasteiger partial charge is 0.462 e. The summed E-state index contributed by atoms with van der Waals surface area (Å²) in [7, 11) is 0. The maximum atomic E-state index is 13.6. The van der Waals surface area contributed by atoms with E-state index < -0.39 is 5.97 Å². The minimum Gasteiger partial charge on any atom is -0.462 e. The van der Waals surface area contributed by atoms with Gasteiger partial charge < -0.3 is 10.1 Å². The van der Waals surface area contributed by atoms with Gasteiger partial charge in [-0.3, -0.25) is 4.79 Å². The number of benzene rings is 2. The molecule has 0 unspecified atom stereocenters. The molecule has 186 valence electrons. The van der Waals surface area contributed by atoms with Gasteiger partial charge in [0.15, 0.2) is 12.8 Å². The third-order valence-corrected chi connectivity index (χ3v) is 6.32. The highest BCUT2D eigenvalue weighted by Crippen LogP contribution is 2.24. The van der Waals surface area contributed by atoms with E-state index in [0.717, 1.165) is 0 Å². The van der Waals surface area contributed by atoms with E-state index in [9.17, 15) is 14.4 Å². The van der Waals surface area contributed by atoms with E-state index in [0.29, 0.717) is 44.1 Å². The lowest BCUT2D eigenvalue weighted by molar-refractivity contribution is -0.444. The van der Waals surface area contributed by atoms with Crippen LogP contribution in [0.25, 0.3) is 5.69 Å². The van der Waals surface area contributed by atoms with Crippen LogP contribution in [0, 0.1) is 0 Å². The number of nitrogens with zero attached hydrogens (tertiary/aromatic N) is 3. The first-order valence-corrected chi connectivity index (χ1v) is 12.2. The average Bonchev–Trinajstić information content (AvgIpc) is 2.85. The van der Waals surface area contributed by atoms with Crippen LogP contribution >= 0.6 is 23.2 Å². The second-order valence-electron chi connectivity index (χ2n) is 8.52. The molecule has 1 aromatic heterocycles. The standard InChI is InChI=1S/C26H24Cl2N4O4/c1-4-36-25(35)16-5-8-18(9-6-16)32-24(34)19-11-12-31(14-22(19)30-26(32)29-15(2)3)23(33)17-7-10-20(27)21(28)13-17/h5-10,12-13,15H,4,11,14H2,1-3H3/p+1. The molecule has 2 heterocycles. The van der Waals surface area contributed by atoms with Crippen LogP contribution in [0.5, 0.6) is 0 Å². The topological polar surface area (TPSA) is 93.3 Å². The van der Waals surface area contributed by atoms with Crippen LogP contribution in [-0.2, 0) is 17.7 Å². The number of carbonyl (C=O) groups excluding carboxylic acids is 2. The van der Waals surface area contributed by atoms with Crippen molar-refractivity contribution in [2.75, 3.05) is 11.9 Å². The number of amides is 1. The summed E-state index contributed by atoms with van der Waals surface area (Å²) < 4.78 is 8.04. The summed E-state index contributed by atoms with van der Waals surface area (Å²) in [6.07, 6.45) is 1.91. The number of nitrogens with one attached hydrogen (secondary N) is 1. The molecule has 4 rings (SSSR count). The van der Waals surface area contributed by atoms with E-state index in [-0.39, 0.29) is 37.1 Å². The zero-order valence-corrected chi connectivity index (χ0v) is 21.6. The number of carbonyl (C=O) groups is 2. The molecule has 0 saturated carbocycles. The van der Waals surface area contributed by atoms with Gasteiger partial charge in [-0.05, 0) is 63.2 Å². The van der Waals surface area contributed by atoms with Crippen LogP contribution in [-0.4, -0.2) is 44.9 Å². The molecule has 0 fully saturated rings. The SMILES string of the molecule is CCOC(=O)c1ccc(-n2c(NC(C)C)nc3c(c2=O)CC=[N+](C(=O)c2ccc(Cl)c(Cl)c2)C3)cc1. The van der Waals surface area contributed by atoms with Gasteiger partial charge in [-0.1, -0.05) is 23.2 Å². The highest BCUT2D eigenvalue weighted by molar-refractivity contribution is 6.42. The summed E-state index contributed by atoms with van der Waals surface area (Å²) in [4.78, 5) is 43.4. The number of anilines is 1. The van der Waals surface area contributed by atoms with Crippen molar-refractivity contribution in [2.45, 2.75) is 39.8 Å². The second kappa shape index (κ2) is 10.6. The maximum Gasteiger partial charge on any atom is 0.419 e. The Labute approximate surface area is 218 Å². The van der Waals surface area contributed by atoms with E-state index in [4.69, 9.17) is 32.9 Å². The third kappa shape index (κ3) is 5.20. The number of fused-ring (bicyclic) bond motifs is 1.